The topological polar surface area (TPSA) is 52.0 Å². The van der Waals surface area contributed by atoms with Gasteiger partial charge in [-0.05, 0) is 70.1 Å². The molecule has 0 saturated heterocycles. The highest BCUT2D eigenvalue weighted by molar-refractivity contribution is 5.83. The molecule has 2 heteroatoms. The Labute approximate surface area is 237 Å². The number of nitrogen functional groups attached to an aromatic ring is 2. The first kappa shape index (κ1) is 26.5. The lowest BCUT2D eigenvalue weighted by molar-refractivity contribution is 0.693. The summed E-state index contributed by atoms with van der Waals surface area (Å²) < 4.78 is 0. The zero-order valence-electron chi connectivity index (χ0n) is 22.8. The van der Waals surface area contributed by atoms with Crippen molar-refractivity contribution in [2.75, 3.05) is 11.5 Å². The average molecular weight is 519 g/mol. The van der Waals surface area contributed by atoms with Gasteiger partial charge in [-0.2, -0.15) is 0 Å². The fraction of sp³-hybridized carbons (Fsp3) is 0.0526. The molecular weight excluding hydrogens is 484 g/mol. The lowest BCUT2D eigenvalue weighted by atomic mass is 9.69. The summed E-state index contributed by atoms with van der Waals surface area (Å²) >= 11 is 0. The van der Waals surface area contributed by atoms with E-state index < -0.39 is 5.41 Å². The van der Waals surface area contributed by atoms with Crippen molar-refractivity contribution in [3.8, 4) is 22.3 Å². The number of allylic oxidation sites excluding steroid dienone is 4. The molecule has 0 heterocycles. The maximum Gasteiger partial charge on any atom is 0.0423 e. The predicted molar refractivity (Wildman–Crippen MR) is 173 cm³/mol. The molecule has 0 aromatic heterocycles. The van der Waals surface area contributed by atoms with Crippen molar-refractivity contribution in [3.05, 3.63) is 175 Å². The first-order chi connectivity index (χ1) is 19.5. The van der Waals surface area contributed by atoms with E-state index in [9.17, 15) is 0 Å². The van der Waals surface area contributed by atoms with E-state index >= 15 is 0 Å². The molecule has 2 nitrogen and oxygen atoms in total. The first-order valence-electron chi connectivity index (χ1n) is 13.4. The van der Waals surface area contributed by atoms with Gasteiger partial charge in [-0.15, -0.1) is 0 Å². The third-order valence-corrected chi connectivity index (χ3v) is 7.74. The van der Waals surface area contributed by atoms with E-state index in [1.807, 2.05) is 48.6 Å². The number of nitrogens with two attached hydrogens (primary N) is 2. The lowest BCUT2D eigenvalue weighted by Gasteiger charge is -2.33. The van der Waals surface area contributed by atoms with E-state index in [0.717, 1.165) is 39.1 Å². The molecule has 5 aromatic rings. The molecule has 0 spiro atoms. The fourth-order valence-corrected chi connectivity index (χ4v) is 5.37. The Hall–Kier alpha value is -5.08. The Bertz CT molecular complexity index is 1680. The zero-order valence-corrected chi connectivity index (χ0v) is 22.8. The summed E-state index contributed by atoms with van der Waals surface area (Å²) in [5.74, 6) is 0. The zero-order chi connectivity index (χ0) is 28.1. The highest BCUT2D eigenvalue weighted by Crippen LogP contribution is 2.43. The van der Waals surface area contributed by atoms with Crippen molar-refractivity contribution in [3.63, 3.8) is 0 Å². The number of hydrogen-bond donors (Lipinski definition) is 2. The Balaban J connectivity index is 1.74. The van der Waals surface area contributed by atoms with Crippen LogP contribution in [0.2, 0.25) is 0 Å². The van der Waals surface area contributed by atoms with Gasteiger partial charge in [0.2, 0.25) is 0 Å². The molecular formula is C38H34N2. The summed E-state index contributed by atoms with van der Waals surface area (Å²) in [5, 5.41) is 0. The SMILES string of the molecule is C=C/C=C(\C=C)c1cc(C(C)(c2ccc(-c3ccccc3)cc2)c2ccc(N)c(-c3ccccc3)c2)ccc1N. The highest BCUT2D eigenvalue weighted by atomic mass is 14.6. The maximum absolute atomic E-state index is 6.52. The van der Waals surface area contributed by atoms with Gasteiger partial charge >= 0.3 is 0 Å². The van der Waals surface area contributed by atoms with Crippen LogP contribution < -0.4 is 11.5 Å². The van der Waals surface area contributed by atoms with Gasteiger partial charge < -0.3 is 11.5 Å². The van der Waals surface area contributed by atoms with Crippen LogP contribution in [0.25, 0.3) is 27.8 Å². The van der Waals surface area contributed by atoms with Crippen molar-refractivity contribution in [1.82, 2.24) is 0 Å². The smallest absolute Gasteiger partial charge is 0.0423 e. The molecule has 0 fully saturated rings. The molecule has 5 aromatic carbocycles. The van der Waals surface area contributed by atoms with Crippen molar-refractivity contribution < 1.29 is 0 Å². The highest BCUT2D eigenvalue weighted by Gasteiger charge is 2.32. The molecule has 1 atom stereocenters. The van der Waals surface area contributed by atoms with Gasteiger partial charge in [0.25, 0.3) is 0 Å². The van der Waals surface area contributed by atoms with Gasteiger partial charge in [-0.25, -0.2) is 0 Å². The van der Waals surface area contributed by atoms with Crippen LogP contribution in [-0.2, 0) is 5.41 Å². The molecule has 0 aliphatic heterocycles. The summed E-state index contributed by atoms with van der Waals surface area (Å²) in [6, 6.07) is 42.2. The van der Waals surface area contributed by atoms with Gasteiger partial charge in [-0.3, -0.25) is 0 Å². The van der Waals surface area contributed by atoms with Crippen LogP contribution in [0.5, 0.6) is 0 Å². The van der Waals surface area contributed by atoms with E-state index in [0.29, 0.717) is 5.69 Å². The van der Waals surface area contributed by atoms with Crippen LogP contribution in [0.3, 0.4) is 0 Å². The Morgan fingerprint density at radius 1 is 0.600 bits per heavy atom. The number of rotatable bonds is 8. The fourth-order valence-electron chi connectivity index (χ4n) is 5.37. The quantitative estimate of drug-likeness (QED) is 0.122. The van der Waals surface area contributed by atoms with Gasteiger partial charge in [0, 0.05) is 27.9 Å². The second-order valence-corrected chi connectivity index (χ2v) is 10.1. The van der Waals surface area contributed by atoms with Crippen LogP contribution in [-0.4, -0.2) is 0 Å². The molecule has 4 N–H and O–H groups in total. The molecule has 0 amide bonds. The summed E-state index contributed by atoms with van der Waals surface area (Å²) in [7, 11) is 0. The molecule has 0 radical (unpaired) electrons. The Morgan fingerprint density at radius 3 is 1.73 bits per heavy atom. The van der Waals surface area contributed by atoms with E-state index in [2.05, 4.69) is 105 Å². The molecule has 0 aliphatic carbocycles. The molecule has 196 valence electrons. The molecule has 5 rings (SSSR count). The predicted octanol–water partition coefficient (Wildman–Crippen LogP) is 9.29. The van der Waals surface area contributed by atoms with E-state index in [4.69, 9.17) is 11.5 Å². The standard InChI is InChI=1S/C38H34N2/c1-4-12-27(5-2)34-25-32(21-23-36(34)39)38(3,31-19-17-29(18-20-31)28-13-8-6-9-14-28)33-22-24-37(40)35(26-33)30-15-10-7-11-16-30/h4-26H,1-2,39-40H2,3H3/b27-12+. The van der Waals surface area contributed by atoms with Crippen molar-refractivity contribution in [2.45, 2.75) is 12.3 Å². The van der Waals surface area contributed by atoms with E-state index in [1.54, 1.807) is 6.08 Å². The third-order valence-electron chi connectivity index (χ3n) is 7.74. The second-order valence-electron chi connectivity index (χ2n) is 10.1. The summed E-state index contributed by atoms with van der Waals surface area (Å²) in [6.45, 7) is 10.2. The monoisotopic (exact) mass is 518 g/mol. The molecule has 0 saturated carbocycles. The summed E-state index contributed by atoms with van der Waals surface area (Å²) in [4.78, 5) is 0. The first-order valence-corrected chi connectivity index (χ1v) is 13.4. The van der Waals surface area contributed by atoms with Crippen LogP contribution >= 0.6 is 0 Å². The third kappa shape index (κ3) is 5.00. The minimum absolute atomic E-state index is 0.505. The number of benzene rings is 5. The average Bonchev–Trinajstić information content (AvgIpc) is 3.01. The summed E-state index contributed by atoms with van der Waals surface area (Å²) in [5.41, 5.74) is 23.7. The lowest BCUT2D eigenvalue weighted by Crippen LogP contribution is -2.26. The van der Waals surface area contributed by atoms with Gasteiger partial charge in [0.05, 0.1) is 0 Å². The van der Waals surface area contributed by atoms with Crippen LogP contribution in [0.4, 0.5) is 11.4 Å². The minimum Gasteiger partial charge on any atom is -0.398 e. The number of hydrogen-bond acceptors (Lipinski definition) is 2. The second kappa shape index (κ2) is 11.3. The van der Waals surface area contributed by atoms with Crippen LogP contribution in [0.15, 0.2) is 153 Å². The molecule has 1 unspecified atom stereocenters. The molecule has 0 bridgehead atoms. The van der Waals surface area contributed by atoms with Crippen LogP contribution in [0, 0.1) is 0 Å². The van der Waals surface area contributed by atoms with Gasteiger partial charge in [-0.1, -0.05) is 128 Å². The van der Waals surface area contributed by atoms with Crippen molar-refractivity contribution in [1.29, 1.82) is 0 Å². The molecule has 40 heavy (non-hydrogen) atoms. The van der Waals surface area contributed by atoms with Crippen molar-refractivity contribution in [2.24, 2.45) is 0 Å². The van der Waals surface area contributed by atoms with Gasteiger partial charge in [0.15, 0.2) is 0 Å². The van der Waals surface area contributed by atoms with Crippen molar-refractivity contribution >= 4 is 16.9 Å². The summed E-state index contributed by atoms with van der Waals surface area (Å²) in [6.07, 6.45) is 5.52. The van der Waals surface area contributed by atoms with E-state index in [1.165, 1.54) is 16.7 Å². The normalized spacial score (nSPS) is 12.9. The largest absolute Gasteiger partial charge is 0.398 e. The number of anilines is 2. The Kier molecular flexibility index (Phi) is 7.52. The van der Waals surface area contributed by atoms with Crippen LogP contribution in [0.1, 0.15) is 29.2 Å². The minimum atomic E-state index is -0.505. The maximum atomic E-state index is 6.52. The van der Waals surface area contributed by atoms with E-state index in [-0.39, 0.29) is 0 Å². The Morgan fingerprint density at radius 2 is 1.12 bits per heavy atom. The van der Waals surface area contributed by atoms with Gasteiger partial charge in [0.1, 0.15) is 0 Å². The molecule has 0 aliphatic rings.